The van der Waals surface area contributed by atoms with Gasteiger partial charge in [0.15, 0.2) is 0 Å². The van der Waals surface area contributed by atoms with E-state index in [-0.39, 0.29) is 18.1 Å². The van der Waals surface area contributed by atoms with Gasteiger partial charge in [-0.15, -0.1) is 0 Å². The van der Waals surface area contributed by atoms with Gasteiger partial charge in [-0.3, -0.25) is 14.0 Å². The maximum absolute atomic E-state index is 13.0. The third-order valence-corrected chi connectivity index (χ3v) is 6.50. The summed E-state index contributed by atoms with van der Waals surface area (Å²) in [5.74, 6) is -4.41. The van der Waals surface area contributed by atoms with Gasteiger partial charge >= 0.3 is 5.97 Å². The van der Waals surface area contributed by atoms with Gasteiger partial charge in [-0.05, 0) is 19.3 Å². The van der Waals surface area contributed by atoms with Crippen molar-refractivity contribution in [1.29, 1.82) is 0 Å². The molecule has 0 aromatic rings. The van der Waals surface area contributed by atoms with E-state index in [0.29, 0.717) is 6.42 Å². The minimum atomic E-state index is -1.15. The largest absolute Gasteiger partial charge is 0.462 e. The van der Waals surface area contributed by atoms with Gasteiger partial charge in [0.25, 0.3) is 0 Å². The fourth-order valence-corrected chi connectivity index (χ4v) is 4.21. The first-order valence-electron chi connectivity index (χ1n) is 10.3. The number of carbonyl (C=O) groups excluding carboxylic acids is 2. The summed E-state index contributed by atoms with van der Waals surface area (Å²) in [4.78, 5) is 25.3. The number of hydrogen-bond acceptors (Lipinski definition) is 6. The Morgan fingerprint density at radius 1 is 0.893 bits per heavy atom. The molecule has 1 saturated heterocycles. The lowest BCUT2D eigenvalue weighted by molar-refractivity contribution is -0.166. The van der Waals surface area contributed by atoms with Crippen molar-refractivity contribution >= 4 is 11.8 Å². The molecular weight excluding hydrogens is 367 g/mol. The third kappa shape index (κ3) is 5.74. The molecule has 1 aliphatic heterocycles. The molecule has 0 radical (unpaired) electrons. The van der Waals surface area contributed by atoms with Crippen LogP contribution in [0.15, 0.2) is 0 Å². The fourth-order valence-electron chi connectivity index (χ4n) is 4.21. The van der Waals surface area contributed by atoms with Crippen molar-refractivity contribution in [2.75, 3.05) is 6.67 Å². The lowest BCUT2D eigenvalue weighted by Gasteiger charge is -2.35. The van der Waals surface area contributed by atoms with Crippen LogP contribution in [-0.2, 0) is 14.3 Å². The van der Waals surface area contributed by atoms with Crippen LogP contribution < -0.4 is 0 Å². The number of ether oxygens (including phenoxy) is 1. The van der Waals surface area contributed by atoms with Gasteiger partial charge in [-0.2, -0.15) is 0 Å². The van der Waals surface area contributed by atoms with E-state index in [1.165, 1.54) is 6.92 Å². The van der Waals surface area contributed by atoms with Crippen molar-refractivity contribution in [1.82, 2.24) is 0 Å². The first-order chi connectivity index (χ1) is 12.9. The summed E-state index contributed by atoms with van der Waals surface area (Å²) in [5, 5.41) is 31.8. The molecule has 0 spiro atoms. The van der Waals surface area contributed by atoms with E-state index >= 15 is 0 Å². The van der Waals surface area contributed by atoms with Gasteiger partial charge in [0, 0.05) is 30.1 Å². The maximum atomic E-state index is 13.0. The average molecular weight is 405 g/mol. The number of alkyl halides is 1. The topological polar surface area (TPSA) is 104 Å². The molecule has 3 N–H and O–H groups in total. The number of carbonyl (C=O) groups is 2. The summed E-state index contributed by atoms with van der Waals surface area (Å²) < 4.78 is 18.5. The maximum Gasteiger partial charge on any atom is 0.311 e. The highest BCUT2D eigenvalue weighted by atomic mass is 19.1. The molecular formula is C21H37FO6. The molecule has 0 unspecified atom stereocenters. The Kier molecular flexibility index (Phi) is 9.50. The second kappa shape index (κ2) is 10.6. The number of rotatable bonds is 2. The van der Waals surface area contributed by atoms with E-state index in [4.69, 9.17) is 4.74 Å². The summed E-state index contributed by atoms with van der Waals surface area (Å²) in [5.41, 5.74) is 0. The van der Waals surface area contributed by atoms with Crippen LogP contribution in [0.5, 0.6) is 0 Å². The standard InChI is InChI=1S/C21H37FO6/c1-10-9-11(2)18(24)14(5)20(26)15(6)21(27)28-16(7-8-22)12(3)19(25)13(4)17(10)23/h10-16,18-20,24-26H,7-9H2,1-6H3/t10-,11+,12+,13+,14-,15-,16-,18+,19+,20+/m1/s1. The summed E-state index contributed by atoms with van der Waals surface area (Å²) in [7, 11) is 0. The second-order valence-electron chi connectivity index (χ2n) is 8.74. The predicted octanol–water partition coefficient (Wildman–Crippen LogP) is 2.13. The zero-order valence-electron chi connectivity index (χ0n) is 17.8. The monoisotopic (exact) mass is 404 g/mol. The molecule has 0 aliphatic carbocycles. The lowest BCUT2D eigenvalue weighted by Crippen LogP contribution is -2.45. The van der Waals surface area contributed by atoms with Gasteiger partial charge in [-0.1, -0.05) is 34.6 Å². The molecule has 7 heteroatoms. The summed E-state index contributed by atoms with van der Waals surface area (Å²) in [6.45, 7) is 9.24. The minimum Gasteiger partial charge on any atom is -0.462 e. The molecule has 1 rings (SSSR count). The van der Waals surface area contributed by atoms with E-state index in [1.807, 2.05) is 0 Å². The zero-order valence-corrected chi connectivity index (χ0v) is 17.8. The first-order valence-corrected chi connectivity index (χ1v) is 10.3. The van der Waals surface area contributed by atoms with E-state index in [0.717, 1.165) is 0 Å². The molecule has 1 fully saturated rings. The number of Topliss-reactive ketones (excluding diaryl/α,β-unsaturated/α-hetero) is 1. The molecule has 0 aromatic carbocycles. The lowest BCUT2D eigenvalue weighted by atomic mass is 9.77. The van der Waals surface area contributed by atoms with Crippen molar-refractivity contribution < 1.29 is 34.0 Å². The fraction of sp³-hybridized carbons (Fsp3) is 0.905. The number of halogens is 1. The van der Waals surface area contributed by atoms with Gasteiger partial charge in [0.2, 0.25) is 0 Å². The Balaban J connectivity index is 3.25. The average Bonchev–Trinajstić information content (AvgIpc) is 2.67. The number of ketones is 1. The van der Waals surface area contributed by atoms with Crippen LogP contribution in [0.1, 0.15) is 54.4 Å². The number of hydrogen-bond donors (Lipinski definition) is 3. The Morgan fingerprint density at radius 2 is 1.43 bits per heavy atom. The molecule has 164 valence electrons. The van der Waals surface area contributed by atoms with Crippen LogP contribution in [0.3, 0.4) is 0 Å². The van der Waals surface area contributed by atoms with Crippen LogP contribution in [0.4, 0.5) is 4.39 Å². The summed E-state index contributed by atoms with van der Waals surface area (Å²) >= 11 is 0. The van der Waals surface area contributed by atoms with Gasteiger partial charge in [-0.25, -0.2) is 0 Å². The highest BCUT2D eigenvalue weighted by Gasteiger charge is 2.40. The number of aliphatic hydroxyl groups is 3. The third-order valence-electron chi connectivity index (χ3n) is 6.50. The van der Waals surface area contributed by atoms with Crippen molar-refractivity contribution in [2.45, 2.75) is 78.8 Å². The smallest absolute Gasteiger partial charge is 0.311 e. The van der Waals surface area contributed by atoms with E-state index < -0.39 is 66.6 Å². The number of aliphatic hydroxyl groups excluding tert-OH is 3. The van der Waals surface area contributed by atoms with Crippen LogP contribution in [0, 0.1) is 35.5 Å². The van der Waals surface area contributed by atoms with Crippen molar-refractivity contribution in [3.05, 3.63) is 0 Å². The predicted molar refractivity (Wildman–Crippen MR) is 103 cm³/mol. The van der Waals surface area contributed by atoms with Gasteiger partial charge < -0.3 is 20.1 Å². The quantitative estimate of drug-likeness (QED) is 0.609. The van der Waals surface area contributed by atoms with Crippen LogP contribution >= 0.6 is 0 Å². The minimum absolute atomic E-state index is 0.0988. The van der Waals surface area contributed by atoms with Crippen molar-refractivity contribution in [2.24, 2.45) is 35.5 Å². The zero-order chi connectivity index (χ0) is 21.8. The molecule has 0 bridgehead atoms. The number of esters is 1. The molecule has 1 aliphatic rings. The van der Waals surface area contributed by atoms with Crippen LogP contribution in [0.2, 0.25) is 0 Å². The van der Waals surface area contributed by atoms with Gasteiger partial charge in [0.05, 0.1) is 30.9 Å². The summed E-state index contributed by atoms with van der Waals surface area (Å²) in [6, 6.07) is 0. The SMILES string of the molecule is C[C@@H]1[C@@H](O)[C@@H](C)C[C@@H](C)C(=O)[C@H](C)[C@@H](O)[C@@H](C)[C@@H](CCF)OC(=O)[C@H](C)[C@H]1O. The van der Waals surface area contributed by atoms with E-state index in [9.17, 15) is 29.3 Å². The Bertz CT molecular complexity index is 527. The summed E-state index contributed by atoms with van der Waals surface area (Å²) in [6.07, 6.45) is -3.77. The highest BCUT2D eigenvalue weighted by molar-refractivity contribution is 5.83. The molecule has 0 saturated carbocycles. The Labute approximate surface area is 167 Å². The van der Waals surface area contributed by atoms with Crippen LogP contribution in [0.25, 0.3) is 0 Å². The molecule has 0 aromatic heterocycles. The molecule has 6 nitrogen and oxygen atoms in total. The molecule has 0 amide bonds. The number of cyclic esters (lactones) is 1. The highest BCUT2D eigenvalue weighted by Crippen LogP contribution is 2.31. The van der Waals surface area contributed by atoms with Gasteiger partial charge in [0.1, 0.15) is 11.9 Å². The second-order valence-corrected chi connectivity index (χ2v) is 8.74. The van der Waals surface area contributed by atoms with E-state index in [1.54, 1.807) is 34.6 Å². The molecule has 1 heterocycles. The first kappa shape index (κ1) is 25.0. The van der Waals surface area contributed by atoms with Crippen LogP contribution in [-0.4, -0.2) is 58.2 Å². The van der Waals surface area contributed by atoms with Crippen molar-refractivity contribution in [3.63, 3.8) is 0 Å². The molecule has 10 atom stereocenters. The Hall–Kier alpha value is -1.05. The molecule has 28 heavy (non-hydrogen) atoms. The Morgan fingerprint density at radius 3 is 1.96 bits per heavy atom. The van der Waals surface area contributed by atoms with Crippen molar-refractivity contribution in [3.8, 4) is 0 Å². The normalized spacial score (nSPS) is 44.6. The van der Waals surface area contributed by atoms with E-state index in [2.05, 4.69) is 0 Å².